The molecule has 80 heavy (non-hydrogen) atoms. The number of hydrogen-bond acceptors (Lipinski definition) is 1. The van der Waals surface area contributed by atoms with Gasteiger partial charge in [0.1, 0.15) is 11.6 Å². The second kappa shape index (κ2) is 17.0. The molecular formula is C65H43F10N5. The number of hydrogen-bond donors (Lipinski definition) is 0. The van der Waals surface area contributed by atoms with Crippen LogP contribution < -0.4 is 0 Å². The Hall–Kier alpha value is -9.03. The van der Waals surface area contributed by atoms with Crippen molar-refractivity contribution in [2.75, 3.05) is 0 Å². The fourth-order valence-electron chi connectivity index (χ4n) is 12.0. The summed E-state index contributed by atoms with van der Waals surface area (Å²) in [6, 6.07) is 40.5. The maximum atomic E-state index is 15.8. The lowest BCUT2D eigenvalue weighted by molar-refractivity contribution is -0.138. The first-order valence-corrected chi connectivity index (χ1v) is 25.5. The topological polar surface area (TPSA) is 43.5 Å². The number of aromatic nitrogens is 4. The van der Waals surface area contributed by atoms with Gasteiger partial charge in [-0.1, -0.05) is 82.9 Å². The Balaban J connectivity index is 1.37. The standard InChI is InChI=1S/C65H43F10N5/c1-33-7-19-50-45(23-33)46-24-34(2)8-20-51(46)79(50)60-49(32-76)61(80-52-21-9-35(3)25-47(52)48-26-36(4)10-22-53(48)80)59(78-55-28-38(63(6,68)69)12-16-42(55)44-18-14-40(30-57(44)78)65(73,74)75)31-58(60)77-54-27-37(62(5,66)67)11-15-41(54)43-17-13-39(29-56(43)77)64(70,71)72/h7-31H,1-6H3. The van der Waals surface area contributed by atoms with Gasteiger partial charge in [0, 0.05) is 68.1 Å². The van der Waals surface area contributed by atoms with Gasteiger partial charge in [0.15, 0.2) is 0 Å². The van der Waals surface area contributed by atoms with Crippen molar-refractivity contribution in [1.29, 1.82) is 5.26 Å². The van der Waals surface area contributed by atoms with E-state index in [-0.39, 0.29) is 71.9 Å². The van der Waals surface area contributed by atoms with Crippen LogP contribution in [0.3, 0.4) is 0 Å². The zero-order chi connectivity index (χ0) is 56.4. The van der Waals surface area contributed by atoms with E-state index >= 15 is 43.9 Å². The van der Waals surface area contributed by atoms with E-state index in [1.807, 2.05) is 110 Å². The molecule has 0 aliphatic rings. The molecule has 0 aliphatic carbocycles. The van der Waals surface area contributed by atoms with Gasteiger partial charge in [0.05, 0.1) is 78.0 Å². The molecule has 5 nitrogen and oxygen atoms in total. The zero-order valence-corrected chi connectivity index (χ0v) is 43.4. The third-order valence-electron chi connectivity index (χ3n) is 15.6. The highest BCUT2D eigenvalue weighted by atomic mass is 19.4. The summed E-state index contributed by atoms with van der Waals surface area (Å²) in [6.45, 7) is 9.04. The minimum absolute atomic E-state index is 0.00644. The second-order valence-electron chi connectivity index (χ2n) is 21.2. The summed E-state index contributed by atoms with van der Waals surface area (Å²) in [6.07, 6.45) is -9.83. The Morgan fingerprint density at radius 3 is 0.850 bits per heavy atom. The van der Waals surface area contributed by atoms with Crippen LogP contribution in [0.25, 0.3) is 110 Å². The lowest BCUT2D eigenvalue weighted by Crippen LogP contribution is -2.14. The zero-order valence-electron chi connectivity index (χ0n) is 43.4. The van der Waals surface area contributed by atoms with E-state index in [1.54, 1.807) is 0 Å². The summed E-state index contributed by atoms with van der Waals surface area (Å²) < 4.78 is 161. The molecule has 0 N–H and O–H groups in total. The largest absolute Gasteiger partial charge is 0.416 e. The normalized spacial score (nSPS) is 13.0. The van der Waals surface area contributed by atoms with Crippen molar-refractivity contribution in [2.24, 2.45) is 0 Å². The molecule has 0 unspecified atom stereocenters. The van der Waals surface area contributed by atoms with Gasteiger partial charge in [0.25, 0.3) is 11.8 Å². The molecule has 0 bridgehead atoms. The molecule has 4 heterocycles. The van der Waals surface area contributed by atoms with E-state index < -0.39 is 46.5 Å². The minimum Gasteiger partial charge on any atom is -0.307 e. The average Bonchev–Trinajstić information content (AvgIpc) is 4.13. The van der Waals surface area contributed by atoms with Crippen molar-refractivity contribution in [3.05, 3.63) is 202 Å². The number of nitrogens with zero attached hydrogens (tertiary/aromatic N) is 5. The van der Waals surface area contributed by atoms with Crippen LogP contribution in [-0.4, -0.2) is 18.3 Å². The van der Waals surface area contributed by atoms with Gasteiger partial charge in [0.2, 0.25) is 0 Å². The molecule has 9 aromatic carbocycles. The van der Waals surface area contributed by atoms with E-state index in [4.69, 9.17) is 0 Å². The van der Waals surface area contributed by atoms with Crippen molar-refractivity contribution < 1.29 is 43.9 Å². The highest BCUT2D eigenvalue weighted by Gasteiger charge is 2.37. The van der Waals surface area contributed by atoms with Crippen LogP contribution in [0.15, 0.2) is 152 Å². The summed E-state index contributed by atoms with van der Waals surface area (Å²) in [5.74, 6) is -6.95. The maximum Gasteiger partial charge on any atom is 0.416 e. The Bertz CT molecular complexity index is 4330. The number of nitriles is 1. The van der Waals surface area contributed by atoms with Gasteiger partial charge in [-0.2, -0.15) is 31.6 Å². The van der Waals surface area contributed by atoms with Crippen molar-refractivity contribution in [3.63, 3.8) is 0 Å². The third kappa shape index (κ3) is 7.58. The van der Waals surface area contributed by atoms with Crippen molar-refractivity contribution in [3.8, 4) is 28.8 Å². The SMILES string of the molecule is Cc1ccc2c(c1)c1cc(C)ccc1n2-c1c(-n2c3cc(C(C)(F)F)ccc3c3ccc(C(F)(F)F)cc32)cc(-n2c3cc(C(C)(F)F)ccc3c3ccc(C(F)(F)F)cc32)c(-n2c3ccc(C)cc3c3cc(C)ccc32)c1C#N. The molecule has 0 fully saturated rings. The molecule has 0 saturated carbocycles. The molecular weight excluding hydrogens is 1040 g/mol. The molecule has 0 spiro atoms. The summed E-state index contributed by atoms with van der Waals surface area (Å²) in [7, 11) is 0. The minimum atomic E-state index is -4.92. The lowest BCUT2D eigenvalue weighted by Gasteiger charge is -2.26. The van der Waals surface area contributed by atoms with Crippen molar-refractivity contribution >= 4 is 87.2 Å². The van der Waals surface area contributed by atoms with Crippen LogP contribution in [0.5, 0.6) is 0 Å². The summed E-state index contributed by atoms with van der Waals surface area (Å²) in [5.41, 5.74) is 2.20. The highest BCUT2D eigenvalue weighted by Crippen LogP contribution is 2.49. The molecule has 13 aromatic rings. The average molecular weight is 1080 g/mol. The third-order valence-corrected chi connectivity index (χ3v) is 15.6. The van der Waals surface area contributed by atoms with Gasteiger partial charge in [-0.25, -0.2) is 17.6 Å². The number of halogens is 10. The van der Waals surface area contributed by atoms with Gasteiger partial charge in [-0.15, -0.1) is 0 Å². The van der Waals surface area contributed by atoms with Crippen LogP contribution in [0, 0.1) is 39.0 Å². The number of alkyl halides is 10. The van der Waals surface area contributed by atoms with E-state index in [2.05, 4.69) is 6.07 Å². The first-order valence-electron chi connectivity index (χ1n) is 25.5. The van der Waals surface area contributed by atoms with Gasteiger partial charge < -0.3 is 18.3 Å². The second-order valence-corrected chi connectivity index (χ2v) is 21.2. The fraction of sp³-hybridized carbons (Fsp3) is 0.154. The van der Waals surface area contributed by atoms with E-state index in [9.17, 15) is 5.26 Å². The smallest absolute Gasteiger partial charge is 0.307 e. The fourth-order valence-corrected chi connectivity index (χ4v) is 12.0. The van der Waals surface area contributed by atoms with Gasteiger partial charge in [-0.3, -0.25) is 0 Å². The molecule has 398 valence electrons. The quantitative estimate of drug-likeness (QED) is 0.153. The van der Waals surface area contributed by atoms with Gasteiger partial charge in [-0.05, 0) is 119 Å². The lowest BCUT2D eigenvalue weighted by atomic mass is 10.0. The number of aryl methyl sites for hydroxylation is 4. The number of rotatable bonds is 6. The molecule has 0 radical (unpaired) electrons. The van der Waals surface area contributed by atoms with E-state index in [0.29, 0.717) is 35.9 Å². The van der Waals surface area contributed by atoms with E-state index in [1.165, 1.54) is 63.7 Å². The van der Waals surface area contributed by atoms with Crippen LogP contribution in [-0.2, 0) is 24.2 Å². The van der Waals surface area contributed by atoms with E-state index in [0.717, 1.165) is 68.1 Å². The highest BCUT2D eigenvalue weighted by molar-refractivity contribution is 6.15. The first-order chi connectivity index (χ1) is 37.8. The molecule has 15 heteroatoms. The molecule has 0 amide bonds. The van der Waals surface area contributed by atoms with Crippen LogP contribution in [0.4, 0.5) is 43.9 Å². The Morgan fingerprint density at radius 1 is 0.312 bits per heavy atom. The maximum absolute atomic E-state index is 15.8. The Kier molecular flexibility index (Phi) is 10.7. The van der Waals surface area contributed by atoms with Crippen LogP contribution in [0.2, 0.25) is 0 Å². The van der Waals surface area contributed by atoms with Crippen molar-refractivity contribution in [1.82, 2.24) is 18.3 Å². The molecule has 4 aromatic heterocycles. The number of benzene rings is 9. The molecule has 0 atom stereocenters. The molecule has 13 rings (SSSR count). The van der Waals surface area contributed by atoms with Crippen molar-refractivity contribution in [2.45, 2.75) is 65.7 Å². The first kappa shape index (κ1) is 50.5. The molecule has 0 aliphatic heterocycles. The van der Waals surface area contributed by atoms with Gasteiger partial charge >= 0.3 is 12.4 Å². The molecule has 0 saturated heterocycles. The number of fused-ring (bicyclic) bond motifs is 12. The Labute approximate surface area is 449 Å². The predicted molar refractivity (Wildman–Crippen MR) is 297 cm³/mol. The summed E-state index contributed by atoms with van der Waals surface area (Å²) in [4.78, 5) is 0. The monoisotopic (exact) mass is 1080 g/mol. The van der Waals surface area contributed by atoms with Crippen LogP contribution >= 0.6 is 0 Å². The predicted octanol–water partition coefficient (Wildman–Crippen LogP) is 19.4. The Morgan fingerprint density at radius 2 is 0.588 bits per heavy atom. The van der Waals surface area contributed by atoms with Crippen LogP contribution in [0.1, 0.15) is 63.9 Å². The summed E-state index contributed by atoms with van der Waals surface area (Å²) in [5, 5.41) is 16.4. The summed E-state index contributed by atoms with van der Waals surface area (Å²) >= 11 is 0.